The average molecular weight is 509 g/mol. The molecule has 6 heteroatoms. The van der Waals surface area contributed by atoms with Gasteiger partial charge in [0.2, 0.25) is 0 Å². The molecule has 0 saturated carbocycles. The maximum Gasteiger partial charge on any atom is 0.254 e. The SMILES string of the molecule is COc1c(O)ccc2c1-c1ccc3c(c1C(=Cc1ccccc1C(=O)N1CCCC1)O2)C(C)=CC(C)(C)N3. The zero-order valence-electron chi connectivity index (χ0n) is 22.2. The van der Waals surface area contributed by atoms with Crippen molar-refractivity contribution in [3.05, 3.63) is 76.9 Å². The second-order valence-electron chi connectivity index (χ2n) is 10.8. The van der Waals surface area contributed by atoms with Crippen molar-refractivity contribution in [2.45, 2.75) is 39.2 Å². The van der Waals surface area contributed by atoms with Crippen molar-refractivity contribution in [3.63, 3.8) is 0 Å². The van der Waals surface area contributed by atoms with Gasteiger partial charge >= 0.3 is 0 Å². The first-order valence-electron chi connectivity index (χ1n) is 13.1. The van der Waals surface area contributed by atoms with E-state index in [2.05, 4.69) is 38.2 Å². The van der Waals surface area contributed by atoms with Crippen molar-refractivity contribution in [2.24, 2.45) is 0 Å². The summed E-state index contributed by atoms with van der Waals surface area (Å²) < 4.78 is 12.2. The second-order valence-corrected chi connectivity index (χ2v) is 10.8. The number of nitrogens with zero attached hydrogens (tertiary/aromatic N) is 1. The molecule has 6 nitrogen and oxygen atoms in total. The highest BCUT2D eigenvalue weighted by Crippen LogP contribution is 2.54. The smallest absolute Gasteiger partial charge is 0.254 e. The van der Waals surface area contributed by atoms with Crippen LogP contribution in [-0.4, -0.2) is 41.7 Å². The zero-order chi connectivity index (χ0) is 26.6. The summed E-state index contributed by atoms with van der Waals surface area (Å²) in [5.41, 5.74) is 6.95. The highest BCUT2D eigenvalue weighted by molar-refractivity contribution is 6.04. The van der Waals surface area contributed by atoms with Gasteiger partial charge < -0.3 is 24.8 Å². The Morgan fingerprint density at radius 2 is 1.82 bits per heavy atom. The van der Waals surface area contributed by atoms with Crippen molar-refractivity contribution < 1.29 is 19.4 Å². The lowest BCUT2D eigenvalue weighted by Crippen LogP contribution is -2.32. The number of rotatable bonds is 3. The number of amides is 1. The van der Waals surface area contributed by atoms with Gasteiger partial charge in [-0.3, -0.25) is 4.79 Å². The fourth-order valence-corrected chi connectivity index (χ4v) is 6.00. The number of carbonyl (C=O) groups is 1. The minimum absolute atomic E-state index is 0.0487. The van der Waals surface area contributed by atoms with E-state index in [9.17, 15) is 9.90 Å². The molecular weight excluding hydrogens is 476 g/mol. The van der Waals surface area contributed by atoms with Gasteiger partial charge in [0.05, 0.1) is 18.2 Å². The molecule has 0 aromatic heterocycles. The summed E-state index contributed by atoms with van der Waals surface area (Å²) in [5.74, 6) is 1.71. The number of benzene rings is 3. The fourth-order valence-electron chi connectivity index (χ4n) is 6.00. The standard InChI is InChI=1S/C32H32N2O4/c1-19-18-32(2,3)33-23-12-11-22-28(27(19)23)26(38-25-14-13-24(35)30(37-4)29(22)25)17-20-9-5-6-10-21(20)31(36)34-15-7-8-16-34/h5-6,9-14,17-18,33,35H,7-8,15-16H2,1-4H3. The lowest BCUT2D eigenvalue weighted by molar-refractivity contribution is 0.0792. The molecule has 38 heavy (non-hydrogen) atoms. The van der Waals surface area contributed by atoms with Gasteiger partial charge in [-0.15, -0.1) is 0 Å². The van der Waals surface area contributed by atoms with Crippen LogP contribution in [0.15, 0.2) is 54.6 Å². The van der Waals surface area contributed by atoms with Crippen molar-refractivity contribution in [1.29, 1.82) is 0 Å². The Morgan fingerprint density at radius 1 is 1.05 bits per heavy atom. The number of phenols is 1. The number of fused-ring (bicyclic) bond motifs is 5. The average Bonchev–Trinajstić information content (AvgIpc) is 3.43. The number of carbonyl (C=O) groups excluding carboxylic acids is 1. The van der Waals surface area contributed by atoms with Gasteiger partial charge in [-0.1, -0.05) is 30.3 Å². The molecule has 0 radical (unpaired) electrons. The highest BCUT2D eigenvalue weighted by Gasteiger charge is 2.34. The Kier molecular flexibility index (Phi) is 5.71. The van der Waals surface area contributed by atoms with Crippen LogP contribution in [0.25, 0.3) is 28.5 Å². The van der Waals surface area contributed by atoms with Gasteiger partial charge in [-0.25, -0.2) is 0 Å². The Balaban J connectivity index is 1.59. The minimum Gasteiger partial charge on any atom is -0.504 e. The largest absolute Gasteiger partial charge is 0.504 e. The van der Waals surface area contributed by atoms with E-state index in [0.29, 0.717) is 28.4 Å². The van der Waals surface area contributed by atoms with Gasteiger partial charge in [-0.2, -0.15) is 0 Å². The number of hydrogen-bond acceptors (Lipinski definition) is 5. The molecule has 1 amide bonds. The highest BCUT2D eigenvalue weighted by atomic mass is 16.5. The summed E-state index contributed by atoms with van der Waals surface area (Å²) in [7, 11) is 1.55. The summed E-state index contributed by atoms with van der Waals surface area (Å²) >= 11 is 0. The Morgan fingerprint density at radius 3 is 2.58 bits per heavy atom. The molecule has 2 N–H and O–H groups in total. The first-order valence-corrected chi connectivity index (χ1v) is 13.1. The second kappa shape index (κ2) is 8.98. The third kappa shape index (κ3) is 3.92. The Bertz CT molecular complexity index is 1530. The number of hydrogen-bond donors (Lipinski definition) is 2. The van der Waals surface area contributed by atoms with Crippen molar-refractivity contribution >= 4 is 29.0 Å². The van der Waals surface area contributed by atoms with Gasteiger partial charge in [0.15, 0.2) is 11.5 Å². The number of nitrogens with one attached hydrogen (secondary N) is 1. The van der Waals surface area contributed by atoms with Gasteiger partial charge in [0.25, 0.3) is 5.91 Å². The maximum atomic E-state index is 13.4. The molecule has 3 aromatic rings. The normalized spacial score (nSPS) is 18.1. The molecule has 1 saturated heterocycles. The van der Waals surface area contributed by atoms with Gasteiger partial charge in [0, 0.05) is 41.0 Å². The number of methoxy groups -OCH3 is 1. The van der Waals surface area contributed by atoms with Crippen LogP contribution in [0.2, 0.25) is 0 Å². The molecule has 0 bridgehead atoms. The molecule has 3 aromatic carbocycles. The summed E-state index contributed by atoms with van der Waals surface area (Å²) in [6.45, 7) is 7.97. The first kappa shape index (κ1) is 24.2. The van der Waals surface area contributed by atoms with Crippen LogP contribution in [0, 0.1) is 0 Å². The van der Waals surface area contributed by atoms with E-state index >= 15 is 0 Å². The van der Waals surface area contributed by atoms with E-state index in [1.807, 2.05) is 41.3 Å². The predicted molar refractivity (Wildman–Crippen MR) is 152 cm³/mol. The third-order valence-electron chi connectivity index (χ3n) is 7.54. The van der Waals surface area contributed by atoms with E-state index < -0.39 is 0 Å². The van der Waals surface area contributed by atoms with Gasteiger partial charge in [0.1, 0.15) is 11.5 Å². The molecule has 1 fully saturated rings. The van der Waals surface area contributed by atoms with E-state index in [-0.39, 0.29) is 17.2 Å². The van der Waals surface area contributed by atoms with Crippen molar-refractivity contribution in [3.8, 4) is 28.4 Å². The summed E-state index contributed by atoms with van der Waals surface area (Å²) in [6.07, 6.45) is 6.26. The number of anilines is 1. The quantitative estimate of drug-likeness (QED) is 0.407. The molecule has 3 aliphatic rings. The van der Waals surface area contributed by atoms with Crippen LogP contribution in [0.5, 0.6) is 17.2 Å². The van der Waals surface area contributed by atoms with Crippen LogP contribution in [0.3, 0.4) is 0 Å². The van der Waals surface area contributed by atoms with Crippen LogP contribution in [0.1, 0.15) is 60.7 Å². The van der Waals surface area contributed by atoms with E-state index in [1.165, 1.54) is 0 Å². The van der Waals surface area contributed by atoms with E-state index in [1.54, 1.807) is 19.2 Å². The Hall–Kier alpha value is -4.19. The molecule has 194 valence electrons. The van der Waals surface area contributed by atoms with Crippen LogP contribution < -0.4 is 14.8 Å². The summed E-state index contributed by atoms with van der Waals surface area (Å²) in [5, 5.41) is 14.2. The topological polar surface area (TPSA) is 71.0 Å². The fraction of sp³-hybridized carbons (Fsp3) is 0.281. The summed E-state index contributed by atoms with van der Waals surface area (Å²) in [6, 6.07) is 15.2. The molecule has 0 atom stereocenters. The van der Waals surface area contributed by atoms with E-state index in [0.717, 1.165) is 59.4 Å². The molecule has 0 unspecified atom stereocenters. The molecule has 0 aliphatic carbocycles. The lowest BCUT2D eigenvalue weighted by atomic mass is 9.82. The monoisotopic (exact) mass is 508 g/mol. The number of phenolic OH excluding ortho intramolecular Hbond substituents is 1. The third-order valence-corrected chi connectivity index (χ3v) is 7.54. The Labute approximate surface area is 223 Å². The van der Waals surface area contributed by atoms with Gasteiger partial charge in [-0.05, 0) is 75.1 Å². The number of aromatic hydroxyl groups is 1. The maximum absolute atomic E-state index is 13.4. The predicted octanol–water partition coefficient (Wildman–Crippen LogP) is 6.80. The first-order chi connectivity index (χ1) is 18.3. The minimum atomic E-state index is -0.201. The number of allylic oxidation sites excluding steroid dienone is 1. The molecule has 6 rings (SSSR count). The molecule has 3 heterocycles. The van der Waals surface area contributed by atoms with Crippen LogP contribution in [0.4, 0.5) is 5.69 Å². The van der Waals surface area contributed by atoms with Crippen molar-refractivity contribution in [2.75, 3.05) is 25.5 Å². The summed E-state index contributed by atoms with van der Waals surface area (Å²) in [4.78, 5) is 15.4. The molecule has 0 spiro atoms. The lowest BCUT2D eigenvalue weighted by Gasteiger charge is -2.35. The van der Waals surface area contributed by atoms with E-state index in [4.69, 9.17) is 9.47 Å². The van der Waals surface area contributed by atoms with Crippen LogP contribution in [-0.2, 0) is 0 Å². The number of ether oxygens (including phenoxy) is 2. The zero-order valence-corrected chi connectivity index (χ0v) is 22.2. The molecule has 3 aliphatic heterocycles. The number of likely N-dealkylation sites (tertiary alicyclic amines) is 1. The van der Waals surface area contributed by atoms with Crippen LogP contribution >= 0.6 is 0 Å². The van der Waals surface area contributed by atoms with Crippen molar-refractivity contribution in [1.82, 2.24) is 4.90 Å². The molecular formula is C32H32N2O4.